The highest BCUT2D eigenvalue weighted by atomic mass is 16.6. The molecule has 3 aromatic carbocycles. The number of rotatable bonds is 9. The van der Waals surface area contributed by atoms with Gasteiger partial charge >= 0.3 is 0 Å². The lowest BCUT2D eigenvalue weighted by Crippen LogP contribution is -2.40. The van der Waals surface area contributed by atoms with Gasteiger partial charge in [-0.05, 0) is 37.1 Å². The Labute approximate surface area is 186 Å². The Morgan fingerprint density at radius 2 is 1.75 bits per heavy atom. The fourth-order valence-corrected chi connectivity index (χ4v) is 3.30. The zero-order chi connectivity index (χ0) is 23.1. The molecule has 0 aromatic heterocycles. The molecule has 166 valence electrons. The summed E-state index contributed by atoms with van der Waals surface area (Å²) in [4.78, 5) is 23.5. The van der Waals surface area contributed by atoms with E-state index < -0.39 is 22.3 Å². The minimum absolute atomic E-state index is 0.00758. The van der Waals surface area contributed by atoms with Gasteiger partial charge in [-0.1, -0.05) is 60.7 Å². The van der Waals surface area contributed by atoms with E-state index in [1.807, 2.05) is 30.3 Å². The number of ether oxygens (including phenoxy) is 1. The molecule has 0 bridgehead atoms. The van der Waals surface area contributed by atoms with Crippen molar-refractivity contribution >= 4 is 11.6 Å². The summed E-state index contributed by atoms with van der Waals surface area (Å²) in [6.45, 7) is 3.64. The number of hydrogen-bond donors (Lipinski definition) is 2. The van der Waals surface area contributed by atoms with Crippen LogP contribution in [0.2, 0.25) is 0 Å². The molecular formula is C25H26N2O5. The lowest BCUT2D eigenvalue weighted by atomic mass is 9.81. The number of aliphatic hydroxyl groups is 1. The molecule has 0 fully saturated rings. The van der Waals surface area contributed by atoms with Gasteiger partial charge in [-0.15, -0.1) is 0 Å². The van der Waals surface area contributed by atoms with Crippen LogP contribution in [0.1, 0.15) is 36.6 Å². The molecule has 3 rings (SSSR count). The first kappa shape index (κ1) is 23.0. The zero-order valence-electron chi connectivity index (χ0n) is 18.0. The Morgan fingerprint density at radius 3 is 2.47 bits per heavy atom. The van der Waals surface area contributed by atoms with E-state index in [2.05, 4.69) is 5.32 Å². The molecule has 0 unspecified atom stereocenters. The molecule has 3 aromatic rings. The molecule has 0 saturated carbocycles. The summed E-state index contributed by atoms with van der Waals surface area (Å²) in [5, 5.41) is 24.8. The number of carbonyl (C=O) groups excluding carboxylic acids is 1. The van der Waals surface area contributed by atoms with Crippen LogP contribution in [0.5, 0.6) is 5.75 Å². The van der Waals surface area contributed by atoms with Gasteiger partial charge in [-0.3, -0.25) is 14.9 Å². The Hall–Kier alpha value is -3.71. The lowest BCUT2D eigenvalue weighted by molar-refractivity contribution is -0.385. The van der Waals surface area contributed by atoms with E-state index in [0.29, 0.717) is 23.5 Å². The molecule has 0 aliphatic heterocycles. The van der Waals surface area contributed by atoms with E-state index in [0.717, 1.165) is 5.56 Å². The fraction of sp³-hybridized carbons (Fsp3) is 0.240. The summed E-state index contributed by atoms with van der Waals surface area (Å²) in [7, 11) is 0. The zero-order valence-corrected chi connectivity index (χ0v) is 18.0. The number of carbonyl (C=O) groups is 1. The van der Waals surface area contributed by atoms with Gasteiger partial charge < -0.3 is 15.2 Å². The first-order valence-electron chi connectivity index (χ1n) is 10.2. The third-order valence-corrected chi connectivity index (χ3v) is 5.32. The van der Waals surface area contributed by atoms with Crippen LogP contribution in [-0.4, -0.2) is 15.9 Å². The standard InChI is InChI=1S/C25H26N2O5/c1-25(2,24(29)26-16-20-11-6-7-14-22(20)27(30)31)23(28)19-12-8-13-21(15-19)32-17-18-9-4-3-5-10-18/h3-15,23,28H,16-17H2,1-2H3,(H,26,29)/t23-/m1/s1. The summed E-state index contributed by atoms with van der Waals surface area (Å²) < 4.78 is 5.82. The Bertz CT molecular complexity index is 1080. The molecule has 0 aliphatic rings. The number of para-hydroxylation sites is 1. The maximum atomic E-state index is 12.9. The summed E-state index contributed by atoms with van der Waals surface area (Å²) in [5.41, 5.74) is 0.721. The van der Waals surface area contributed by atoms with Crippen LogP contribution in [0.4, 0.5) is 5.69 Å². The van der Waals surface area contributed by atoms with Crippen LogP contribution < -0.4 is 10.1 Å². The average Bonchev–Trinajstić information content (AvgIpc) is 2.81. The van der Waals surface area contributed by atoms with Gasteiger partial charge in [0.15, 0.2) is 0 Å². The van der Waals surface area contributed by atoms with Gasteiger partial charge in [0.1, 0.15) is 12.4 Å². The topological polar surface area (TPSA) is 102 Å². The predicted octanol–water partition coefficient (Wildman–Crippen LogP) is 4.55. The summed E-state index contributed by atoms with van der Waals surface area (Å²) in [5.74, 6) is 0.167. The molecule has 7 nitrogen and oxygen atoms in total. The molecule has 0 radical (unpaired) electrons. The maximum Gasteiger partial charge on any atom is 0.274 e. The lowest BCUT2D eigenvalue weighted by Gasteiger charge is -2.29. The van der Waals surface area contributed by atoms with Crippen molar-refractivity contribution in [3.05, 3.63) is 106 Å². The molecule has 0 spiro atoms. The van der Waals surface area contributed by atoms with Crippen molar-refractivity contribution in [2.24, 2.45) is 5.41 Å². The number of hydrogen-bond acceptors (Lipinski definition) is 5. The first-order valence-corrected chi connectivity index (χ1v) is 10.2. The quantitative estimate of drug-likeness (QED) is 0.380. The van der Waals surface area contributed by atoms with E-state index >= 15 is 0 Å². The van der Waals surface area contributed by atoms with Crippen molar-refractivity contribution in [2.75, 3.05) is 0 Å². The molecule has 7 heteroatoms. The summed E-state index contributed by atoms with van der Waals surface area (Å²) in [6.07, 6.45) is -1.10. The van der Waals surface area contributed by atoms with Gasteiger partial charge in [0.25, 0.3) is 5.69 Å². The van der Waals surface area contributed by atoms with E-state index in [1.54, 1.807) is 56.3 Å². The van der Waals surface area contributed by atoms with E-state index in [4.69, 9.17) is 4.74 Å². The summed E-state index contributed by atoms with van der Waals surface area (Å²) >= 11 is 0. The van der Waals surface area contributed by atoms with Gasteiger partial charge in [0, 0.05) is 18.2 Å². The SMILES string of the molecule is CC(C)(C(=O)NCc1ccccc1[N+](=O)[O-])[C@H](O)c1cccc(OCc2ccccc2)c1. The van der Waals surface area contributed by atoms with E-state index in [1.165, 1.54) is 6.07 Å². The molecular weight excluding hydrogens is 408 g/mol. The first-order chi connectivity index (χ1) is 15.3. The molecule has 2 N–H and O–H groups in total. The van der Waals surface area contributed by atoms with E-state index in [9.17, 15) is 20.0 Å². The highest BCUT2D eigenvalue weighted by molar-refractivity contribution is 5.82. The number of nitro groups is 1. The molecule has 1 amide bonds. The Balaban J connectivity index is 1.67. The summed E-state index contributed by atoms with van der Waals surface area (Å²) in [6, 6.07) is 23.0. The van der Waals surface area contributed by atoms with Crippen molar-refractivity contribution in [3.63, 3.8) is 0 Å². The highest BCUT2D eigenvalue weighted by Crippen LogP contribution is 2.35. The van der Waals surface area contributed by atoms with Crippen LogP contribution in [-0.2, 0) is 17.9 Å². The number of nitrogens with one attached hydrogen (secondary N) is 1. The molecule has 32 heavy (non-hydrogen) atoms. The van der Waals surface area contributed by atoms with Crippen molar-refractivity contribution in [3.8, 4) is 5.75 Å². The molecule has 0 aliphatic carbocycles. The van der Waals surface area contributed by atoms with Crippen LogP contribution in [0.3, 0.4) is 0 Å². The van der Waals surface area contributed by atoms with Gasteiger partial charge in [-0.25, -0.2) is 0 Å². The second-order valence-electron chi connectivity index (χ2n) is 8.04. The second-order valence-corrected chi connectivity index (χ2v) is 8.04. The van der Waals surface area contributed by atoms with Crippen molar-refractivity contribution in [1.82, 2.24) is 5.32 Å². The second kappa shape index (κ2) is 10.1. The minimum Gasteiger partial charge on any atom is -0.489 e. The maximum absolute atomic E-state index is 12.9. The molecule has 1 atom stereocenters. The van der Waals surface area contributed by atoms with E-state index in [-0.39, 0.29) is 12.2 Å². The Kier molecular flexibility index (Phi) is 7.22. The van der Waals surface area contributed by atoms with Crippen molar-refractivity contribution in [2.45, 2.75) is 33.1 Å². The van der Waals surface area contributed by atoms with Gasteiger partial charge in [-0.2, -0.15) is 0 Å². The van der Waals surface area contributed by atoms with Crippen LogP contribution >= 0.6 is 0 Å². The third kappa shape index (κ3) is 5.50. The number of amides is 1. The molecule has 0 heterocycles. The largest absolute Gasteiger partial charge is 0.489 e. The average molecular weight is 434 g/mol. The van der Waals surface area contributed by atoms with Crippen molar-refractivity contribution < 1.29 is 19.6 Å². The third-order valence-electron chi connectivity index (χ3n) is 5.32. The minimum atomic E-state index is -1.18. The van der Waals surface area contributed by atoms with Crippen molar-refractivity contribution in [1.29, 1.82) is 0 Å². The smallest absolute Gasteiger partial charge is 0.274 e. The highest BCUT2D eigenvalue weighted by Gasteiger charge is 2.37. The van der Waals surface area contributed by atoms with Crippen LogP contribution in [0.25, 0.3) is 0 Å². The predicted molar refractivity (Wildman–Crippen MR) is 121 cm³/mol. The number of nitro benzene ring substituents is 1. The number of aliphatic hydroxyl groups excluding tert-OH is 1. The monoisotopic (exact) mass is 434 g/mol. The molecule has 0 saturated heterocycles. The normalized spacial score (nSPS) is 12.1. The van der Waals surface area contributed by atoms with Crippen LogP contribution in [0, 0.1) is 15.5 Å². The van der Waals surface area contributed by atoms with Crippen LogP contribution in [0.15, 0.2) is 78.9 Å². The van der Waals surface area contributed by atoms with Gasteiger partial charge in [0.2, 0.25) is 5.91 Å². The fourth-order valence-electron chi connectivity index (χ4n) is 3.30. The number of nitrogens with zero attached hydrogens (tertiary/aromatic N) is 1. The number of benzene rings is 3. The van der Waals surface area contributed by atoms with Gasteiger partial charge in [0.05, 0.1) is 16.4 Å². The Morgan fingerprint density at radius 1 is 1.06 bits per heavy atom.